The van der Waals surface area contributed by atoms with Crippen LogP contribution < -0.4 is 4.74 Å². The van der Waals surface area contributed by atoms with E-state index in [0.717, 1.165) is 41.1 Å². The molecule has 2 rings (SSSR count). The monoisotopic (exact) mass is 454 g/mol. The lowest BCUT2D eigenvalue weighted by Gasteiger charge is -2.17. The number of hydrogen-bond acceptors (Lipinski definition) is 4. The third kappa shape index (κ3) is 8.20. The summed E-state index contributed by atoms with van der Waals surface area (Å²) in [5.74, 6) is 4.58. The molecule has 1 aromatic carbocycles. The predicted molar refractivity (Wildman–Crippen MR) is 133 cm³/mol. The molecule has 2 aromatic rings. The Labute approximate surface area is 194 Å². The number of benzene rings is 1. The Hall–Kier alpha value is -2.52. The minimum absolute atomic E-state index is 0.219. The van der Waals surface area contributed by atoms with Crippen molar-refractivity contribution in [2.45, 2.75) is 72.6 Å². The van der Waals surface area contributed by atoms with E-state index in [-0.39, 0.29) is 5.97 Å². The summed E-state index contributed by atoms with van der Waals surface area (Å²) in [6, 6.07) is 8.26. The van der Waals surface area contributed by atoms with Gasteiger partial charge in [-0.05, 0) is 37.1 Å². The predicted octanol–water partition coefficient (Wildman–Crippen LogP) is 5.39. The van der Waals surface area contributed by atoms with Gasteiger partial charge in [-0.3, -0.25) is 9.48 Å². The molecule has 0 amide bonds. The van der Waals surface area contributed by atoms with Crippen molar-refractivity contribution in [2.24, 2.45) is 5.92 Å². The number of methoxy groups -OCH3 is 1. The van der Waals surface area contributed by atoms with Crippen molar-refractivity contribution in [3.63, 3.8) is 0 Å². The molecular formula is C26H38N2O3Si. The van der Waals surface area contributed by atoms with Gasteiger partial charge in [0.15, 0.2) is 0 Å². The van der Waals surface area contributed by atoms with Crippen LogP contribution in [0.25, 0.3) is 0 Å². The van der Waals surface area contributed by atoms with Gasteiger partial charge in [0.05, 0.1) is 32.4 Å². The van der Waals surface area contributed by atoms with E-state index in [1.54, 1.807) is 0 Å². The van der Waals surface area contributed by atoms with Crippen LogP contribution in [0.4, 0.5) is 0 Å². The Balaban J connectivity index is 2.30. The maximum Gasteiger partial charge on any atom is 0.305 e. The topological polar surface area (TPSA) is 53.4 Å². The number of carbonyl (C=O) groups is 1. The van der Waals surface area contributed by atoms with E-state index >= 15 is 0 Å². The highest BCUT2D eigenvalue weighted by Gasteiger charge is 2.13. The van der Waals surface area contributed by atoms with E-state index in [2.05, 4.69) is 57.1 Å². The van der Waals surface area contributed by atoms with Crippen molar-refractivity contribution in [2.75, 3.05) is 13.7 Å². The molecule has 0 radical (unpaired) electrons. The fourth-order valence-corrected chi connectivity index (χ4v) is 3.79. The number of carbonyl (C=O) groups excluding carboxylic acids is 1. The minimum Gasteiger partial charge on any atom is -0.493 e. The van der Waals surface area contributed by atoms with Gasteiger partial charge < -0.3 is 9.47 Å². The van der Waals surface area contributed by atoms with Gasteiger partial charge in [-0.15, -0.1) is 5.54 Å². The lowest BCUT2D eigenvalue weighted by Crippen LogP contribution is -2.16. The molecule has 0 N–H and O–H groups in total. The molecule has 0 saturated heterocycles. The third-order valence-corrected chi connectivity index (χ3v) is 6.31. The maximum absolute atomic E-state index is 11.5. The largest absolute Gasteiger partial charge is 0.493 e. The van der Waals surface area contributed by atoms with Crippen molar-refractivity contribution in [3.05, 3.63) is 46.8 Å². The van der Waals surface area contributed by atoms with Crippen LogP contribution in [0.2, 0.25) is 19.6 Å². The smallest absolute Gasteiger partial charge is 0.305 e. The quantitative estimate of drug-likeness (QED) is 0.274. The lowest BCUT2D eigenvalue weighted by molar-refractivity contribution is -0.140. The number of nitrogens with zero attached hydrogens (tertiary/aromatic N) is 2. The molecule has 0 aliphatic carbocycles. The highest BCUT2D eigenvalue weighted by molar-refractivity contribution is 6.83. The van der Waals surface area contributed by atoms with Crippen molar-refractivity contribution in [1.29, 1.82) is 0 Å². The normalized spacial score (nSPS) is 11.2. The molecule has 1 heterocycles. The lowest BCUT2D eigenvalue weighted by atomic mass is 10.1. The highest BCUT2D eigenvalue weighted by Crippen LogP contribution is 2.24. The Bertz CT molecular complexity index is 960. The average molecular weight is 455 g/mol. The second-order valence-electron chi connectivity index (χ2n) is 9.33. The first-order chi connectivity index (χ1) is 15.1. The Morgan fingerprint density at radius 1 is 1.19 bits per heavy atom. The number of aromatic nitrogens is 2. The fraction of sp³-hybridized carbons (Fsp3) is 0.538. The van der Waals surface area contributed by atoms with E-state index in [0.29, 0.717) is 31.9 Å². The van der Waals surface area contributed by atoms with Crippen LogP contribution in [0.5, 0.6) is 5.75 Å². The van der Waals surface area contributed by atoms with Crippen molar-refractivity contribution < 1.29 is 14.3 Å². The summed E-state index contributed by atoms with van der Waals surface area (Å²) in [4.78, 5) is 11.5. The molecule has 0 bridgehead atoms. The fourth-order valence-electron chi connectivity index (χ4n) is 3.27. The molecule has 0 aliphatic heterocycles. The highest BCUT2D eigenvalue weighted by atomic mass is 28.3. The van der Waals surface area contributed by atoms with Crippen LogP contribution in [-0.4, -0.2) is 37.5 Å². The van der Waals surface area contributed by atoms with E-state index < -0.39 is 8.07 Å². The van der Waals surface area contributed by atoms with Gasteiger partial charge in [0.25, 0.3) is 0 Å². The minimum atomic E-state index is -1.46. The van der Waals surface area contributed by atoms with E-state index in [1.807, 2.05) is 23.7 Å². The number of hydrogen-bond donors (Lipinski definition) is 0. The van der Waals surface area contributed by atoms with Crippen LogP contribution in [0, 0.1) is 24.3 Å². The first-order valence-corrected chi connectivity index (χ1v) is 15.0. The van der Waals surface area contributed by atoms with Crippen LogP contribution >= 0.6 is 0 Å². The maximum atomic E-state index is 11.5. The van der Waals surface area contributed by atoms with Crippen molar-refractivity contribution in [1.82, 2.24) is 9.78 Å². The molecule has 0 unspecified atom stereocenters. The van der Waals surface area contributed by atoms with Gasteiger partial charge in [-0.1, -0.05) is 52.3 Å². The molecular weight excluding hydrogens is 416 g/mol. The SMILES string of the molecule is CCC(CC)COc1ccc(C#C[Si](C)(C)C)cc1Cn1nc(CCC(=O)OC)cc1C. The second-order valence-corrected chi connectivity index (χ2v) is 14.1. The zero-order chi connectivity index (χ0) is 23.7. The number of ether oxygens (including phenoxy) is 2. The average Bonchev–Trinajstić information content (AvgIpc) is 3.10. The number of esters is 1. The van der Waals surface area contributed by atoms with Crippen molar-refractivity contribution in [3.8, 4) is 17.2 Å². The second kappa shape index (κ2) is 11.9. The molecule has 174 valence electrons. The molecule has 0 atom stereocenters. The first-order valence-electron chi connectivity index (χ1n) is 11.5. The molecule has 1 aromatic heterocycles. The summed E-state index contributed by atoms with van der Waals surface area (Å²) in [5, 5.41) is 4.72. The number of rotatable bonds is 10. The molecule has 0 saturated carbocycles. The van der Waals surface area contributed by atoms with Gasteiger partial charge in [0.1, 0.15) is 13.8 Å². The van der Waals surface area contributed by atoms with Gasteiger partial charge in [0.2, 0.25) is 0 Å². The van der Waals surface area contributed by atoms with Crippen LogP contribution in [0.3, 0.4) is 0 Å². The summed E-state index contributed by atoms with van der Waals surface area (Å²) in [6.45, 7) is 14.5. The zero-order valence-electron chi connectivity index (χ0n) is 20.7. The third-order valence-electron chi connectivity index (χ3n) is 5.44. The summed E-state index contributed by atoms with van der Waals surface area (Å²) >= 11 is 0. The van der Waals surface area contributed by atoms with Crippen LogP contribution in [0.1, 0.15) is 55.6 Å². The van der Waals surface area contributed by atoms with E-state index in [9.17, 15) is 4.79 Å². The van der Waals surface area contributed by atoms with Crippen LogP contribution in [0.15, 0.2) is 24.3 Å². The number of aryl methyl sites for hydroxylation is 2. The van der Waals surface area contributed by atoms with Gasteiger partial charge in [-0.25, -0.2) is 0 Å². The summed E-state index contributed by atoms with van der Waals surface area (Å²) in [7, 11) is -0.0500. The van der Waals surface area contributed by atoms with E-state index in [4.69, 9.17) is 14.6 Å². The Morgan fingerprint density at radius 3 is 2.53 bits per heavy atom. The molecule has 0 spiro atoms. The Kier molecular flexibility index (Phi) is 9.58. The van der Waals surface area contributed by atoms with Gasteiger partial charge in [0, 0.05) is 23.2 Å². The van der Waals surface area contributed by atoms with E-state index in [1.165, 1.54) is 7.11 Å². The standard InChI is InChI=1S/C26H38N2O3Si/c1-8-21(9-2)19-31-25-12-10-22(14-15-32(5,6)7)17-23(25)18-28-20(3)16-24(27-28)11-13-26(29)30-4/h10,12,16-17,21H,8-9,11,13,18-19H2,1-7H3. The van der Waals surface area contributed by atoms with Gasteiger partial charge >= 0.3 is 5.97 Å². The molecule has 32 heavy (non-hydrogen) atoms. The van der Waals surface area contributed by atoms with Crippen LogP contribution in [-0.2, 0) is 22.5 Å². The first kappa shape index (κ1) is 25.7. The van der Waals surface area contributed by atoms with Gasteiger partial charge in [-0.2, -0.15) is 5.10 Å². The zero-order valence-corrected chi connectivity index (χ0v) is 21.7. The molecule has 5 nitrogen and oxygen atoms in total. The summed E-state index contributed by atoms with van der Waals surface area (Å²) < 4.78 is 13.0. The molecule has 6 heteroatoms. The Morgan fingerprint density at radius 2 is 1.91 bits per heavy atom. The summed E-state index contributed by atoms with van der Waals surface area (Å²) in [5.41, 5.74) is 7.47. The summed E-state index contributed by atoms with van der Waals surface area (Å²) in [6.07, 6.45) is 3.11. The van der Waals surface area contributed by atoms with Crippen molar-refractivity contribution >= 4 is 14.0 Å². The molecule has 0 aliphatic rings. The molecule has 0 fully saturated rings.